The van der Waals surface area contributed by atoms with E-state index in [1.807, 2.05) is 13.1 Å². The summed E-state index contributed by atoms with van der Waals surface area (Å²) in [6.07, 6.45) is 3.50. The van der Waals surface area contributed by atoms with Crippen molar-refractivity contribution in [2.45, 2.75) is 13.5 Å². The van der Waals surface area contributed by atoms with E-state index in [0.29, 0.717) is 0 Å². The molecule has 1 aromatic rings. The summed E-state index contributed by atoms with van der Waals surface area (Å²) in [5, 5.41) is 7.31. The molecule has 1 heterocycles. The lowest BCUT2D eigenvalue weighted by atomic mass is 10.7. The van der Waals surface area contributed by atoms with E-state index >= 15 is 0 Å². The minimum Gasteiger partial charge on any atom is -0.253 e. The van der Waals surface area contributed by atoms with E-state index in [1.165, 1.54) is 0 Å². The Kier molecular flexibility index (Phi) is 3.19. The molecule has 0 saturated carbocycles. The van der Waals surface area contributed by atoms with Crippen LogP contribution in [0.3, 0.4) is 0 Å². The zero-order valence-electron chi connectivity index (χ0n) is 4.61. The van der Waals surface area contributed by atoms with Crippen LogP contribution in [0, 0.1) is 0 Å². The Morgan fingerprint density at radius 1 is 1.62 bits per heavy atom. The standard InChI is InChI=1S/C4H7N3.ClH/c1-2-7-4-3-5-6-7;/h3-4H,2H2,1H3;1H. The third-order valence-corrected chi connectivity index (χ3v) is 0.796. The molecule has 0 aromatic carbocycles. The fourth-order valence-electron chi connectivity index (χ4n) is 0.401. The van der Waals surface area contributed by atoms with E-state index in [4.69, 9.17) is 0 Å². The van der Waals surface area contributed by atoms with Crippen molar-refractivity contribution in [2.24, 2.45) is 0 Å². The van der Waals surface area contributed by atoms with Crippen molar-refractivity contribution >= 4 is 12.4 Å². The van der Waals surface area contributed by atoms with Crippen molar-refractivity contribution in [3.63, 3.8) is 0 Å². The van der Waals surface area contributed by atoms with Crippen LogP contribution < -0.4 is 0 Å². The van der Waals surface area contributed by atoms with Crippen LogP contribution >= 0.6 is 12.4 Å². The number of hydrogen-bond donors (Lipinski definition) is 0. The average Bonchev–Trinajstić information content (AvgIpc) is 2.14. The fourth-order valence-corrected chi connectivity index (χ4v) is 0.401. The van der Waals surface area contributed by atoms with Gasteiger partial charge in [0.15, 0.2) is 0 Å². The first kappa shape index (κ1) is 7.43. The number of nitrogens with zero attached hydrogens (tertiary/aromatic N) is 3. The topological polar surface area (TPSA) is 30.7 Å². The Labute approximate surface area is 54.1 Å². The molecule has 0 aliphatic carbocycles. The molecule has 8 heavy (non-hydrogen) atoms. The largest absolute Gasteiger partial charge is 0.253 e. The number of aryl methyl sites for hydroxylation is 1. The van der Waals surface area contributed by atoms with Gasteiger partial charge in [0, 0.05) is 12.7 Å². The summed E-state index contributed by atoms with van der Waals surface area (Å²) in [7, 11) is 0. The van der Waals surface area contributed by atoms with Crippen LogP contribution in [0.5, 0.6) is 0 Å². The van der Waals surface area contributed by atoms with Gasteiger partial charge in [0.25, 0.3) is 0 Å². The minimum atomic E-state index is 0. The zero-order chi connectivity index (χ0) is 5.11. The third-order valence-electron chi connectivity index (χ3n) is 0.796. The molecule has 3 nitrogen and oxygen atoms in total. The second kappa shape index (κ2) is 3.43. The summed E-state index contributed by atoms with van der Waals surface area (Å²) in [6.45, 7) is 2.93. The van der Waals surface area contributed by atoms with Gasteiger partial charge in [-0.05, 0) is 6.92 Å². The number of aromatic nitrogens is 3. The molecule has 46 valence electrons. The SMILES string of the molecule is CCn1ccnn1.Cl. The van der Waals surface area contributed by atoms with Crippen LogP contribution in [0.4, 0.5) is 0 Å². The maximum atomic E-state index is 3.70. The lowest BCUT2D eigenvalue weighted by molar-refractivity contribution is 0.627. The molecule has 0 aliphatic heterocycles. The molecule has 0 unspecified atom stereocenters. The van der Waals surface area contributed by atoms with Gasteiger partial charge in [0.05, 0.1) is 6.20 Å². The molecule has 0 spiro atoms. The molecule has 0 radical (unpaired) electrons. The van der Waals surface area contributed by atoms with Gasteiger partial charge < -0.3 is 0 Å². The summed E-state index contributed by atoms with van der Waals surface area (Å²) >= 11 is 0. The van der Waals surface area contributed by atoms with Crippen molar-refractivity contribution in [2.75, 3.05) is 0 Å². The number of hydrogen-bond acceptors (Lipinski definition) is 2. The Balaban J connectivity index is 0.000000490. The molecule has 0 fully saturated rings. The van der Waals surface area contributed by atoms with Crippen LogP contribution in [0.2, 0.25) is 0 Å². The fraction of sp³-hybridized carbons (Fsp3) is 0.500. The molecular formula is C4H8ClN3. The molecule has 4 heteroatoms. The monoisotopic (exact) mass is 133 g/mol. The van der Waals surface area contributed by atoms with Gasteiger partial charge in [-0.3, -0.25) is 4.68 Å². The van der Waals surface area contributed by atoms with Gasteiger partial charge in [0.1, 0.15) is 0 Å². The average molecular weight is 134 g/mol. The first-order valence-corrected chi connectivity index (χ1v) is 2.27. The molecule has 1 rings (SSSR count). The van der Waals surface area contributed by atoms with Crippen LogP contribution in [0.15, 0.2) is 12.4 Å². The van der Waals surface area contributed by atoms with Crippen molar-refractivity contribution in [1.29, 1.82) is 0 Å². The summed E-state index contributed by atoms with van der Waals surface area (Å²) < 4.78 is 1.76. The lowest BCUT2D eigenvalue weighted by Crippen LogP contribution is -1.92. The van der Waals surface area contributed by atoms with Gasteiger partial charge in [-0.1, -0.05) is 5.21 Å². The van der Waals surface area contributed by atoms with Crippen LogP contribution in [-0.4, -0.2) is 15.0 Å². The van der Waals surface area contributed by atoms with Gasteiger partial charge >= 0.3 is 0 Å². The predicted octanol–water partition coefficient (Wildman–Crippen LogP) is 0.720. The maximum Gasteiger partial charge on any atom is 0.0692 e. The highest BCUT2D eigenvalue weighted by Gasteiger charge is 1.78. The van der Waals surface area contributed by atoms with E-state index in [1.54, 1.807) is 10.9 Å². The third kappa shape index (κ3) is 1.50. The van der Waals surface area contributed by atoms with Crippen LogP contribution in [0.25, 0.3) is 0 Å². The van der Waals surface area contributed by atoms with E-state index in [0.717, 1.165) is 6.54 Å². The van der Waals surface area contributed by atoms with E-state index in [-0.39, 0.29) is 12.4 Å². The smallest absolute Gasteiger partial charge is 0.0692 e. The molecule has 0 atom stereocenters. The van der Waals surface area contributed by atoms with Crippen molar-refractivity contribution < 1.29 is 0 Å². The second-order valence-electron chi connectivity index (χ2n) is 1.26. The summed E-state index contributed by atoms with van der Waals surface area (Å²) in [5.74, 6) is 0. The molecule has 0 bridgehead atoms. The zero-order valence-corrected chi connectivity index (χ0v) is 5.43. The van der Waals surface area contributed by atoms with Gasteiger partial charge in [0.2, 0.25) is 0 Å². The summed E-state index contributed by atoms with van der Waals surface area (Å²) in [6, 6.07) is 0. The highest BCUT2D eigenvalue weighted by atomic mass is 35.5. The Bertz CT molecular complexity index is 126. The predicted molar refractivity (Wildman–Crippen MR) is 32.9 cm³/mol. The van der Waals surface area contributed by atoms with Gasteiger partial charge in [-0.2, -0.15) is 0 Å². The van der Waals surface area contributed by atoms with Crippen LogP contribution in [0.1, 0.15) is 6.92 Å². The number of rotatable bonds is 1. The van der Waals surface area contributed by atoms with Gasteiger partial charge in [-0.15, -0.1) is 17.5 Å². The summed E-state index contributed by atoms with van der Waals surface area (Å²) in [5.41, 5.74) is 0. The second-order valence-corrected chi connectivity index (χ2v) is 1.26. The Hall–Kier alpha value is -0.570. The normalized spacial score (nSPS) is 8.12. The molecule has 0 amide bonds. The highest BCUT2D eigenvalue weighted by Crippen LogP contribution is 1.75. The molecule has 0 aliphatic rings. The Morgan fingerprint density at radius 3 is 2.62 bits per heavy atom. The molecule has 1 aromatic heterocycles. The van der Waals surface area contributed by atoms with E-state index < -0.39 is 0 Å². The van der Waals surface area contributed by atoms with Crippen molar-refractivity contribution in [1.82, 2.24) is 15.0 Å². The number of halogens is 1. The molecular weight excluding hydrogens is 126 g/mol. The quantitative estimate of drug-likeness (QED) is 0.565. The van der Waals surface area contributed by atoms with E-state index in [2.05, 4.69) is 10.3 Å². The van der Waals surface area contributed by atoms with Gasteiger partial charge in [-0.25, -0.2) is 0 Å². The molecule has 0 saturated heterocycles. The highest BCUT2D eigenvalue weighted by molar-refractivity contribution is 5.85. The van der Waals surface area contributed by atoms with Crippen LogP contribution in [-0.2, 0) is 6.54 Å². The maximum absolute atomic E-state index is 3.70. The Morgan fingerprint density at radius 2 is 2.38 bits per heavy atom. The summed E-state index contributed by atoms with van der Waals surface area (Å²) in [4.78, 5) is 0. The molecule has 0 N–H and O–H groups in total. The lowest BCUT2D eigenvalue weighted by Gasteiger charge is -1.85. The first-order valence-electron chi connectivity index (χ1n) is 2.27. The van der Waals surface area contributed by atoms with Crippen molar-refractivity contribution in [3.05, 3.63) is 12.4 Å². The van der Waals surface area contributed by atoms with E-state index in [9.17, 15) is 0 Å². The first-order chi connectivity index (χ1) is 3.43. The minimum absolute atomic E-state index is 0. The van der Waals surface area contributed by atoms with Crippen molar-refractivity contribution in [3.8, 4) is 0 Å².